The van der Waals surface area contributed by atoms with Crippen LogP contribution in [0.1, 0.15) is 16.8 Å². The van der Waals surface area contributed by atoms with Gasteiger partial charge in [-0.15, -0.1) is 0 Å². The van der Waals surface area contributed by atoms with Gasteiger partial charge in [-0.05, 0) is 38.1 Å². The van der Waals surface area contributed by atoms with Crippen molar-refractivity contribution in [2.45, 2.75) is 20.4 Å². The second-order valence-corrected chi connectivity index (χ2v) is 6.09. The van der Waals surface area contributed by atoms with E-state index in [4.69, 9.17) is 16.3 Å². The van der Waals surface area contributed by atoms with Crippen LogP contribution >= 0.6 is 11.6 Å². The lowest BCUT2D eigenvalue weighted by molar-refractivity contribution is 0.410. The summed E-state index contributed by atoms with van der Waals surface area (Å²) in [6, 6.07) is 9.42. The number of hydrogen-bond acceptors (Lipinski definition) is 5. The Labute approximate surface area is 152 Å². The number of aromatic nitrogens is 3. The Morgan fingerprint density at radius 3 is 2.72 bits per heavy atom. The molecule has 25 heavy (non-hydrogen) atoms. The number of benzene rings is 1. The molecule has 0 saturated heterocycles. The van der Waals surface area contributed by atoms with Gasteiger partial charge in [0.15, 0.2) is 5.82 Å². The van der Waals surface area contributed by atoms with Crippen LogP contribution in [0.25, 0.3) is 11.4 Å². The third-order valence-electron chi connectivity index (χ3n) is 4.00. The molecule has 1 N–H and O–H groups in total. The molecule has 0 fully saturated rings. The van der Waals surface area contributed by atoms with Crippen molar-refractivity contribution in [1.29, 1.82) is 0 Å². The highest BCUT2D eigenvalue weighted by Gasteiger charge is 2.11. The van der Waals surface area contributed by atoms with E-state index in [2.05, 4.69) is 20.3 Å². The Balaban J connectivity index is 1.89. The van der Waals surface area contributed by atoms with Crippen molar-refractivity contribution in [2.75, 3.05) is 12.4 Å². The van der Waals surface area contributed by atoms with E-state index in [1.165, 1.54) is 0 Å². The normalized spacial score (nSPS) is 10.6. The molecular weight excluding hydrogens is 336 g/mol. The number of hydrogen-bond donors (Lipinski definition) is 1. The summed E-state index contributed by atoms with van der Waals surface area (Å²) < 4.78 is 5.40. The van der Waals surface area contributed by atoms with E-state index in [9.17, 15) is 0 Å². The Hall–Kier alpha value is -2.66. The van der Waals surface area contributed by atoms with E-state index in [0.29, 0.717) is 17.4 Å². The van der Waals surface area contributed by atoms with Gasteiger partial charge in [-0.3, -0.25) is 4.98 Å². The Bertz CT molecular complexity index is 884. The standard InChI is InChI=1S/C19H19ClN4O/c1-12-13(2)23-19(15-5-4-8-21-10-15)24-18(12)22-11-14-6-7-16(20)9-17(14)25-3/h4-10H,11H2,1-3H3,(H,22,23,24). The van der Waals surface area contributed by atoms with Gasteiger partial charge < -0.3 is 10.1 Å². The zero-order chi connectivity index (χ0) is 17.8. The lowest BCUT2D eigenvalue weighted by atomic mass is 10.2. The summed E-state index contributed by atoms with van der Waals surface area (Å²) in [7, 11) is 1.63. The van der Waals surface area contributed by atoms with Crippen molar-refractivity contribution >= 4 is 17.4 Å². The molecule has 0 unspecified atom stereocenters. The lowest BCUT2D eigenvalue weighted by Crippen LogP contribution is -2.08. The summed E-state index contributed by atoms with van der Waals surface area (Å²) in [4.78, 5) is 13.4. The van der Waals surface area contributed by atoms with E-state index in [1.54, 1.807) is 25.6 Å². The van der Waals surface area contributed by atoms with Gasteiger partial charge in [-0.2, -0.15) is 0 Å². The second-order valence-electron chi connectivity index (χ2n) is 5.66. The van der Waals surface area contributed by atoms with Gasteiger partial charge in [0.2, 0.25) is 0 Å². The molecule has 0 aliphatic carbocycles. The number of aryl methyl sites for hydroxylation is 1. The summed E-state index contributed by atoms with van der Waals surface area (Å²) in [5, 5.41) is 4.03. The van der Waals surface area contributed by atoms with Crippen LogP contribution in [-0.4, -0.2) is 22.1 Å². The highest BCUT2D eigenvalue weighted by atomic mass is 35.5. The zero-order valence-corrected chi connectivity index (χ0v) is 15.1. The minimum atomic E-state index is 0.574. The number of methoxy groups -OCH3 is 1. The minimum Gasteiger partial charge on any atom is -0.496 e. The molecule has 1 aromatic carbocycles. The summed E-state index contributed by atoms with van der Waals surface area (Å²) in [6.07, 6.45) is 3.49. The molecule has 0 aliphatic rings. The van der Waals surface area contributed by atoms with E-state index in [-0.39, 0.29) is 0 Å². The first-order valence-corrected chi connectivity index (χ1v) is 8.28. The van der Waals surface area contributed by atoms with Crippen molar-refractivity contribution in [3.05, 3.63) is 64.6 Å². The average Bonchev–Trinajstić information content (AvgIpc) is 2.64. The minimum absolute atomic E-state index is 0.574. The summed E-state index contributed by atoms with van der Waals surface area (Å²) in [5.41, 5.74) is 3.84. The molecule has 0 atom stereocenters. The van der Waals surface area contributed by atoms with Crippen molar-refractivity contribution in [1.82, 2.24) is 15.0 Å². The second kappa shape index (κ2) is 7.49. The van der Waals surface area contributed by atoms with Crippen LogP contribution in [0.15, 0.2) is 42.7 Å². The molecule has 0 saturated carbocycles. The lowest BCUT2D eigenvalue weighted by Gasteiger charge is -2.14. The van der Waals surface area contributed by atoms with Gasteiger partial charge in [0.25, 0.3) is 0 Å². The van der Waals surface area contributed by atoms with E-state index < -0.39 is 0 Å². The number of rotatable bonds is 5. The van der Waals surface area contributed by atoms with Gasteiger partial charge in [-0.1, -0.05) is 17.7 Å². The maximum atomic E-state index is 6.02. The fourth-order valence-electron chi connectivity index (χ4n) is 2.47. The van der Waals surface area contributed by atoms with E-state index in [1.807, 2.05) is 38.1 Å². The maximum Gasteiger partial charge on any atom is 0.163 e. The molecule has 5 nitrogen and oxygen atoms in total. The SMILES string of the molecule is COc1cc(Cl)ccc1CNc1nc(-c2cccnc2)nc(C)c1C. The zero-order valence-electron chi connectivity index (χ0n) is 14.4. The predicted octanol–water partition coefficient (Wildman–Crippen LogP) is 4.43. The van der Waals surface area contributed by atoms with Crippen molar-refractivity contribution in [3.63, 3.8) is 0 Å². The van der Waals surface area contributed by atoms with Gasteiger partial charge in [0.05, 0.1) is 7.11 Å². The molecule has 2 aromatic heterocycles. The molecular formula is C19H19ClN4O. The largest absolute Gasteiger partial charge is 0.496 e. The number of anilines is 1. The van der Waals surface area contributed by atoms with Gasteiger partial charge >= 0.3 is 0 Å². The molecule has 0 spiro atoms. The molecule has 0 aliphatic heterocycles. The van der Waals surface area contributed by atoms with E-state index in [0.717, 1.165) is 34.0 Å². The highest BCUT2D eigenvalue weighted by Crippen LogP contribution is 2.25. The third kappa shape index (κ3) is 3.88. The van der Waals surface area contributed by atoms with Gasteiger partial charge in [0.1, 0.15) is 11.6 Å². The van der Waals surface area contributed by atoms with Crippen LogP contribution in [0, 0.1) is 13.8 Å². The van der Waals surface area contributed by atoms with Gasteiger partial charge in [-0.25, -0.2) is 9.97 Å². The first kappa shape index (κ1) is 17.2. The fraction of sp³-hybridized carbons (Fsp3) is 0.211. The average molecular weight is 355 g/mol. The molecule has 2 heterocycles. The van der Waals surface area contributed by atoms with Crippen LogP contribution in [0.3, 0.4) is 0 Å². The number of nitrogens with one attached hydrogen (secondary N) is 1. The number of halogens is 1. The number of pyridine rings is 1. The molecule has 3 rings (SSSR count). The van der Waals surface area contributed by atoms with Crippen LogP contribution in [-0.2, 0) is 6.54 Å². The molecule has 0 bridgehead atoms. The van der Waals surface area contributed by atoms with Crippen molar-refractivity contribution < 1.29 is 4.74 Å². The van der Waals surface area contributed by atoms with Gasteiger partial charge in [0, 0.05) is 46.3 Å². The van der Waals surface area contributed by atoms with Crippen LogP contribution < -0.4 is 10.1 Å². The highest BCUT2D eigenvalue weighted by molar-refractivity contribution is 6.30. The quantitative estimate of drug-likeness (QED) is 0.734. The summed E-state index contributed by atoms with van der Waals surface area (Å²) >= 11 is 6.02. The Morgan fingerprint density at radius 1 is 1.16 bits per heavy atom. The van der Waals surface area contributed by atoms with Crippen LogP contribution in [0.2, 0.25) is 5.02 Å². The number of nitrogens with zero attached hydrogens (tertiary/aromatic N) is 3. The Kier molecular flexibility index (Phi) is 5.14. The van der Waals surface area contributed by atoms with Crippen LogP contribution in [0.4, 0.5) is 5.82 Å². The van der Waals surface area contributed by atoms with E-state index >= 15 is 0 Å². The predicted molar refractivity (Wildman–Crippen MR) is 100 cm³/mol. The monoisotopic (exact) mass is 354 g/mol. The third-order valence-corrected chi connectivity index (χ3v) is 4.24. The number of ether oxygens (including phenoxy) is 1. The molecule has 0 amide bonds. The maximum absolute atomic E-state index is 6.02. The van der Waals surface area contributed by atoms with Crippen LogP contribution in [0.5, 0.6) is 5.75 Å². The molecule has 0 radical (unpaired) electrons. The van der Waals surface area contributed by atoms with Crippen molar-refractivity contribution in [3.8, 4) is 17.1 Å². The summed E-state index contributed by atoms with van der Waals surface area (Å²) in [6.45, 7) is 4.55. The molecule has 128 valence electrons. The fourth-order valence-corrected chi connectivity index (χ4v) is 2.63. The molecule has 6 heteroatoms. The van der Waals surface area contributed by atoms with Crippen molar-refractivity contribution in [2.24, 2.45) is 0 Å². The first-order valence-electron chi connectivity index (χ1n) is 7.90. The first-order chi connectivity index (χ1) is 12.1. The summed E-state index contributed by atoms with van der Waals surface area (Å²) in [5.74, 6) is 2.20. The smallest absolute Gasteiger partial charge is 0.163 e. The Morgan fingerprint density at radius 2 is 2.00 bits per heavy atom. The topological polar surface area (TPSA) is 59.9 Å². The molecule has 3 aromatic rings.